The van der Waals surface area contributed by atoms with Crippen molar-refractivity contribution >= 4 is 11.9 Å². The SMILES string of the molecule is CC/C=C\C/C=C\C/C=C\C/C=C\C/C=C\C/C=C\CCCCCCCCC(=O)OC1C(OCC(NC(=O)C(O)CCCC/C=C\CCCCCCCC)C(O)/C=C/CCCCCCCCCCC)OC(CO)C(O)C1O. The zero-order chi connectivity index (χ0) is 56.1. The number of nitrogens with one attached hydrogen (secondary N) is 1. The lowest BCUT2D eigenvalue weighted by molar-refractivity contribution is -0.305. The van der Waals surface area contributed by atoms with Crippen molar-refractivity contribution in [3.63, 3.8) is 0 Å². The minimum atomic E-state index is -1.63. The van der Waals surface area contributed by atoms with Crippen molar-refractivity contribution in [2.45, 2.75) is 294 Å². The van der Waals surface area contributed by atoms with E-state index in [1.54, 1.807) is 6.08 Å². The molecule has 442 valence electrons. The number of aliphatic hydroxyl groups excluding tert-OH is 5. The number of rotatable bonds is 51. The minimum Gasteiger partial charge on any atom is -0.454 e. The molecule has 0 spiro atoms. The first kappa shape index (κ1) is 71.6. The van der Waals surface area contributed by atoms with Crippen molar-refractivity contribution in [3.8, 4) is 0 Å². The van der Waals surface area contributed by atoms with Crippen LogP contribution in [0.25, 0.3) is 0 Å². The van der Waals surface area contributed by atoms with Crippen LogP contribution in [0.5, 0.6) is 0 Å². The molecule has 77 heavy (non-hydrogen) atoms. The first-order chi connectivity index (χ1) is 37.7. The minimum absolute atomic E-state index is 0.0997. The van der Waals surface area contributed by atoms with Crippen molar-refractivity contribution < 1.29 is 49.3 Å². The van der Waals surface area contributed by atoms with Crippen LogP contribution >= 0.6 is 0 Å². The van der Waals surface area contributed by atoms with Crippen LogP contribution in [0, 0.1) is 0 Å². The lowest BCUT2D eigenvalue weighted by Gasteiger charge is -2.41. The monoisotopic (exact) mass is 1080 g/mol. The van der Waals surface area contributed by atoms with Crippen LogP contribution < -0.4 is 5.32 Å². The topological polar surface area (TPSA) is 175 Å². The molecule has 0 bridgehead atoms. The largest absolute Gasteiger partial charge is 0.454 e. The number of ether oxygens (including phenoxy) is 3. The molecule has 1 aliphatic heterocycles. The molecule has 6 N–H and O–H groups in total. The van der Waals surface area contributed by atoms with Gasteiger partial charge in [-0.15, -0.1) is 0 Å². The van der Waals surface area contributed by atoms with Crippen LogP contribution in [0.4, 0.5) is 0 Å². The third kappa shape index (κ3) is 41.3. The second-order valence-corrected chi connectivity index (χ2v) is 21.0. The van der Waals surface area contributed by atoms with Gasteiger partial charge < -0.3 is 45.1 Å². The Morgan fingerprint density at radius 2 is 0.935 bits per heavy atom. The Kier molecular flexibility index (Phi) is 49.5. The van der Waals surface area contributed by atoms with Crippen molar-refractivity contribution in [2.75, 3.05) is 13.2 Å². The number of esters is 1. The Hall–Kier alpha value is -3.42. The summed E-state index contributed by atoms with van der Waals surface area (Å²) in [4.78, 5) is 26.5. The summed E-state index contributed by atoms with van der Waals surface area (Å²) in [6.45, 7) is 5.62. The van der Waals surface area contributed by atoms with E-state index < -0.39 is 67.4 Å². The fraction of sp³-hybridized carbons (Fsp3) is 0.727. The second kappa shape index (κ2) is 53.2. The Morgan fingerprint density at radius 1 is 0.519 bits per heavy atom. The molecule has 1 aliphatic rings. The van der Waals surface area contributed by atoms with E-state index in [-0.39, 0.29) is 19.4 Å². The molecule has 1 fully saturated rings. The van der Waals surface area contributed by atoms with E-state index in [0.717, 1.165) is 122 Å². The van der Waals surface area contributed by atoms with Crippen LogP contribution in [-0.2, 0) is 23.8 Å². The second-order valence-electron chi connectivity index (χ2n) is 21.0. The van der Waals surface area contributed by atoms with E-state index in [0.29, 0.717) is 12.8 Å². The summed E-state index contributed by atoms with van der Waals surface area (Å²) in [6.07, 6.45) is 60.2. The molecule has 1 saturated heterocycles. The predicted octanol–water partition coefficient (Wildman–Crippen LogP) is 14.7. The van der Waals surface area contributed by atoms with Gasteiger partial charge in [0.25, 0.3) is 0 Å². The number of hydrogen-bond acceptors (Lipinski definition) is 10. The van der Waals surface area contributed by atoms with Crippen LogP contribution in [0.1, 0.15) is 245 Å². The Balaban J connectivity index is 2.63. The standard InChI is InChI=1S/C66H113NO10/c1-4-7-10-13-16-19-22-24-25-26-27-28-29-30-31-32-33-34-35-36-39-42-45-48-51-54-61(71)77-64-63(73)62(72)60(55-68)76-66(64)75-56-57(58(69)52-49-46-43-40-37-21-18-15-12-9-6-3)67-65(74)59(70)53-50-47-44-41-38-23-20-17-14-11-8-5-2/h7,10,16,19,24-25,27-28,30-31,33-34,38,41,49,52,57-60,62-64,66,68-70,72-73H,4-6,8-9,11-15,17-18,20-23,26,29,32,35-37,39-40,42-48,50-51,53-56H2,1-3H3,(H,67,74)/b10-7-,19-16-,25-24-,28-27-,31-30-,34-33-,41-38-,52-49+. The van der Waals surface area contributed by atoms with Gasteiger partial charge in [-0.25, -0.2) is 0 Å². The summed E-state index contributed by atoms with van der Waals surface area (Å²) < 4.78 is 17.6. The predicted molar refractivity (Wildman–Crippen MR) is 319 cm³/mol. The number of hydrogen-bond donors (Lipinski definition) is 6. The lowest BCUT2D eigenvalue weighted by atomic mass is 9.99. The van der Waals surface area contributed by atoms with Crippen LogP contribution in [0.15, 0.2) is 97.2 Å². The van der Waals surface area contributed by atoms with Gasteiger partial charge in [-0.2, -0.15) is 0 Å². The third-order valence-electron chi connectivity index (χ3n) is 14.0. The van der Waals surface area contributed by atoms with Gasteiger partial charge in [0.1, 0.15) is 24.4 Å². The number of unbranched alkanes of at least 4 members (excludes halogenated alkanes) is 23. The summed E-state index contributed by atoms with van der Waals surface area (Å²) in [5, 5.41) is 56.8. The highest BCUT2D eigenvalue weighted by Gasteiger charge is 2.47. The fourth-order valence-electron chi connectivity index (χ4n) is 9.06. The van der Waals surface area contributed by atoms with Crippen molar-refractivity contribution in [1.29, 1.82) is 0 Å². The number of aliphatic hydroxyl groups is 5. The Bertz CT molecular complexity index is 1620. The molecule has 0 aromatic rings. The quantitative estimate of drug-likeness (QED) is 0.0195. The van der Waals surface area contributed by atoms with E-state index in [9.17, 15) is 35.1 Å². The summed E-state index contributed by atoms with van der Waals surface area (Å²) in [6, 6.07) is -1.04. The Labute approximate surface area is 469 Å². The maximum Gasteiger partial charge on any atom is 0.306 e. The van der Waals surface area contributed by atoms with Gasteiger partial charge in [-0.05, 0) is 103 Å². The van der Waals surface area contributed by atoms with Gasteiger partial charge in [0.05, 0.1) is 25.4 Å². The summed E-state index contributed by atoms with van der Waals surface area (Å²) in [7, 11) is 0. The first-order valence-corrected chi connectivity index (χ1v) is 31.0. The summed E-state index contributed by atoms with van der Waals surface area (Å²) >= 11 is 0. The van der Waals surface area contributed by atoms with E-state index in [1.165, 1.54) is 77.0 Å². The molecule has 11 nitrogen and oxygen atoms in total. The molecule has 1 heterocycles. The van der Waals surface area contributed by atoms with E-state index in [1.807, 2.05) is 6.08 Å². The molecule has 0 radical (unpaired) electrons. The average molecular weight is 1080 g/mol. The smallest absolute Gasteiger partial charge is 0.306 e. The number of allylic oxidation sites excluding steroid dienone is 15. The highest BCUT2D eigenvalue weighted by Crippen LogP contribution is 2.26. The van der Waals surface area contributed by atoms with Crippen molar-refractivity contribution in [2.24, 2.45) is 0 Å². The third-order valence-corrected chi connectivity index (χ3v) is 14.0. The molecule has 1 amide bonds. The van der Waals surface area contributed by atoms with Crippen molar-refractivity contribution in [1.82, 2.24) is 5.32 Å². The van der Waals surface area contributed by atoms with Gasteiger partial charge in [0.2, 0.25) is 5.91 Å². The lowest BCUT2D eigenvalue weighted by Crippen LogP contribution is -2.61. The van der Waals surface area contributed by atoms with E-state index in [4.69, 9.17) is 14.2 Å². The van der Waals surface area contributed by atoms with Crippen molar-refractivity contribution in [3.05, 3.63) is 97.2 Å². The van der Waals surface area contributed by atoms with Crippen LogP contribution in [-0.4, -0.2) is 99.6 Å². The normalized spacial score (nSPS) is 19.7. The molecule has 0 aliphatic carbocycles. The fourth-order valence-corrected chi connectivity index (χ4v) is 9.06. The molecule has 1 rings (SSSR count). The summed E-state index contributed by atoms with van der Waals surface area (Å²) in [5.74, 6) is -1.23. The van der Waals surface area contributed by atoms with Crippen LogP contribution in [0.2, 0.25) is 0 Å². The zero-order valence-electron chi connectivity index (χ0n) is 48.8. The number of carbonyl (C=O) groups is 2. The first-order valence-electron chi connectivity index (χ1n) is 31.0. The summed E-state index contributed by atoms with van der Waals surface area (Å²) in [5.41, 5.74) is 0. The maximum absolute atomic E-state index is 13.4. The molecule has 8 atom stereocenters. The van der Waals surface area contributed by atoms with Crippen LogP contribution in [0.3, 0.4) is 0 Å². The van der Waals surface area contributed by atoms with E-state index >= 15 is 0 Å². The van der Waals surface area contributed by atoms with Gasteiger partial charge in [0, 0.05) is 6.42 Å². The molecule has 0 aromatic carbocycles. The average Bonchev–Trinajstić information content (AvgIpc) is 3.43. The number of amides is 1. The maximum atomic E-state index is 13.4. The molecule has 0 aromatic heterocycles. The molecule has 8 unspecified atom stereocenters. The van der Waals surface area contributed by atoms with Gasteiger partial charge in [-0.1, -0.05) is 234 Å². The number of carbonyl (C=O) groups excluding carboxylic acids is 2. The molecular formula is C66H113NO10. The molecule has 11 heteroatoms. The molecular weight excluding hydrogens is 967 g/mol. The van der Waals surface area contributed by atoms with E-state index in [2.05, 4.69) is 111 Å². The highest BCUT2D eigenvalue weighted by atomic mass is 16.7. The van der Waals surface area contributed by atoms with Gasteiger partial charge in [0.15, 0.2) is 12.4 Å². The molecule has 0 saturated carbocycles. The van der Waals surface area contributed by atoms with Gasteiger partial charge >= 0.3 is 5.97 Å². The Morgan fingerprint density at radius 3 is 1.42 bits per heavy atom. The van der Waals surface area contributed by atoms with Gasteiger partial charge in [-0.3, -0.25) is 9.59 Å². The highest BCUT2D eigenvalue weighted by molar-refractivity contribution is 5.80. The zero-order valence-corrected chi connectivity index (χ0v) is 48.8.